The zero-order valence-corrected chi connectivity index (χ0v) is 32.5. The summed E-state index contributed by atoms with van der Waals surface area (Å²) in [6.45, 7) is 0. The summed E-state index contributed by atoms with van der Waals surface area (Å²) in [6.07, 6.45) is 0. The first kappa shape index (κ1) is 34.5. The van der Waals surface area contributed by atoms with Crippen LogP contribution >= 0.6 is 0 Å². The molecule has 0 fully saturated rings. The van der Waals surface area contributed by atoms with E-state index in [1.54, 1.807) is 0 Å². The Bertz CT molecular complexity index is 3310. The molecule has 11 rings (SSSR count). The molecule has 0 unspecified atom stereocenters. The second-order valence-corrected chi connectivity index (χ2v) is 15.3. The Morgan fingerprint density at radius 3 is 1.41 bits per heavy atom. The van der Waals surface area contributed by atoms with E-state index in [0.29, 0.717) is 0 Å². The van der Waals surface area contributed by atoms with Crippen molar-refractivity contribution in [3.8, 4) is 44.5 Å². The summed E-state index contributed by atoms with van der Waals surface area (Å²) >= 11 is 0. The maximum Gasteiger partial charge on any atom is 0.0467 e. The fraction of sp³-hybridized carbons (Fsp3) is 0. The van der Waals surface area contributed by atoms with Crippen LogP contribution in [0.3, 0.4) is 0 Å². The molecule has 0 aliphatic rings. The molecule has 0 heterocycles. The van der Waals surface area contributed by atoms with Gasteiger partial charge in [0.05, 0.1) is 0 Å². The maximum atomic E-state index is 2.39. The van der Waals surface area contributed by atoms with E-state index >= 15 is 0 Å². The van der Waals surface area contributed by atoms with Crippen LogP contribution in [0.1, 0.15) is 0 Å². The van der Waals surface area contributed by atoms with E-state index in [1.807, 2.05) is 0 Å². The number of benzene rings is 11. The van der Waals surface area contributed by atoms with Crippen LogP contribution in [0.4, 0.5) is 17.1 Å². The summed E-state index contributed by atoms with van der Waals surface area (Å²) in [5, 5.41) is 10.1. The molecule has 0 saturated carbocycles. The molecule has 276 valence electrons. The first-order valence-electron chi connectivity index (χ1n) is 20.3. The van der Waals surface area contributed by atoms with Crippen LogP contribution in [0.5, 0.6) is 0 Å². The van der Waals surface area contributed by atoms with Crippen molar-refractivity contribution in [1.29, 1.82) is 0 Å². The van der Waals surface area contributed by atoms with E-state index in [4.69, 9.17) is 0 Å². The Balaban J connectivity index is 1.05. The Kier molecular flexibility index (Phi) is 8.56. The third-order valence-electron chi connectivity index (χ3n) is 11.8. The van der Waals surface area contributed by atoms with Gasteiger partial charge in [-0.25, -0.2) is 0 Å². The predicted molar refractivity (Wildman–Crippen MR) is 253 cm³/mol. The normalized spacial score (nSPS) is 11.4. The highest BCUT2D eigenvalue weighted by Crippen LogP contribution is 2.42. The number of hydrogen-bond donors (Lipinski definition) is 0. The third kappa shape index (κ3) is 6.21. The molecule has 0 amide bonds. The SMILES string of the molecule is c1ccc(-c2cccc(N(c3ccc(-c4ccc(-c5ccccc5)c5ccccc45)cc3)c3cccc(-c4cccc5c4ccc4ccc6ccccc6c45)c3)c2)cc1. The predicted octanol–water partition coefficient (Wildman–Crippen LogP) is 16.4. The van der Waals surface area contributed by atoms with Crippen molar-refractivity contribution < 1.29 is 0 Å². The third-order valence-corrected chi connectivity index (χ3v) is 11.8. The molecule has 1 heteroatoms. The van der Waals surface area contributed by atoms with Crippen LogP contribution in [-0.4, -0.2) is 0 Å². The van der Waals surface area contributed by atoms with Crippen LogP contribution in [-0.2, 0) is 0 Å². The van der Waals surface area contributed by atoms with Crippen molar-refractivity contribution in [1.82, 2.24) is 0 Å². The maximum absolute atomic E-state index is 2.39. The summed E-state index contributed by atoms with van der Waals surface area (Å²) in [5.74, 6) is 0. The number of nitrogens with zero attached hydrogens (tertiary/aromatic N) is 1. The average molecular weight is 750 g/mol. The minimum absolute atomic E-state index is 1.09. The van der Waals surface area contributed by atoms with Gasteiger partial charge < -0.3 is 4.90 Å². The van der Waals surface area contributed by atoms with Crippen molar-refractivity contribution in [3.63, 3.8) is 0 Å². The fourth-order valence-corrected chi connectivity index (χ4v) is 9.04. The fourth-order valence-electron chi connectivity index (χ4n) is 9.04. The quantitative estimate of drug-likeness (QED) is 0.147. The van der Waals surface area contributed by atoms with E-state index in [9.17, 15) is 0 Å². The molecular formula is C58H39N. The van der Waals surface area contributed by atoms with E-state index in [2.05, 4.69) is 241 Å². The Morgan fingerprint density at radius 1 is 0.220 bits per heavy atom. The smallest absolute Gasteiger partial charge is 0.0467 e. The highest BCUT2D eigenvalue weighted by molar-refractivity contribution is 6.22. The highest BCUT2D eigenvalue weighted by atomic mass is 15.1. The Morgan fingerprint density at radius 2 is 0.695 bits per heavy atom. The van der Waals surface area contributed by atoms with Crippen LogP contribution < -0.4 is 4.90 Å². The second-order valence-electron chi connectivity index (χ2n) is 15.3. The highest BCUT2D eigenvalue weighted by Gasteiger charge is 2.17. The van der Waals surface area contributed by atoms with Gasteiger partial charge in [-0.15, -0.1) is 0 Å². The van der Waals surface area contributed by atoms with Crippen molar-refractivity contribution in [2.24, 2.45) is 0 Å². The first-order chi connectivity index (χ1) is 29.3. The topological polar surface area (TPSA) is 3.24 Å². The lowest BCUT2D eigenvalue weighted by Crippen LogP contribution is -2.10. The van der Waals surface area contributed by atoms with Gasteiger partial charge in [0.2, 0.25) is 0 Å². The standard InChI is InChI=1S/C58H39N/c1-3-14-40(15-4-1)45-19-11-21-48(38-45)59(47-33-30-43(31-34-47)52-37-36-51(41-16-5-2-6-17-41)54-24-9-10-25-55(52)54)49-22-12-20-46(39-49)50-26-13-27-57-56(50)35-32-44-29-28-42-18-7-8-23-53(42)58(44)57/h1-39H. The van der Waals surface area contributed by atoms with Gasteiger partial charge in [-0.05, 0) is 124 Å². The van der Waals surface area contributed by atoms with Crippen LogP contribution in [0.2, 0.25) is 0 Å². The van der Waals surface area contributed by atoms with E-state index in [0.717, 1.165) is 17.1 Å². The number of hydrogen-bond acceptors (Lipinski definition) is 1. The minimum Gasteiger partial charge on any atom is -0.310 e. The molecule has 0 N–H and O–H groups in total. The van der Waals surface area contributed by atoms with Gasteiger partial charge in [0.25, 0.3) is 0 Å². The van der Waals surface area contributed by atoms with E-state index in [-0.39, 0.29) is 0 Å². The number of fused-ring (bicyclic) bond motifs is 6. The molecule has 0 radical (unpaired) electrons. The van der Waals surface area contributed by atoms with Crippen LogP contribution in [0.25, 0.3) is 87.6 Å². The average Bonchev–Trinajstić information content (AvgIpc) is 3.32. The molecule has 0 spiro atoms. The lowest BCUT2D eigenvalue weighted by Gasteiger charge is -2.27. The summed E-state index contributed by atoms with van der Waals surface area (Å²) < 4.78 is 0. The van der Waals surface area contributed by atoms with Gasteiger partial charge in [0.15, 0.2) is 0 Å². The zero-order valence-electron chi connectivity index (χ0n) is 32.5. The van der Waals surface area contributed by atoms with Gasteiger partial charge in [0.1, 0.15) is 0 Å². The van der Waals surface area contributed by atoms with Gasteiger partial charge in [-0.1, -0.05) is 200 Å². The Hall–Kier alpha value is -7.74. The second kappa shape index (κ2) is 14.6. The zero-order chi connectivity index (χ0) is 39.1. The molecule has 11 aromatic carbocycles. The minimum atomic E-state index is 1.09. The lowest BCUT2D eigenvalue weighted by molar-refractivity contribution is 1.28. The summed E-state index contributed by atoms with van der Waals surface area (Å²) in [6, 6.07) is 86.2. The van der Waals surface area contributed by atoms with Gasteiger partial charge >= 0.3 is 0 Å². The molecule has 0 bridgehead atoms. The van der Waals surface area contributed by atoms with Crippen molar-refractivity contribution in [2.45, 2.75) is 0 Å². The van der Waals surface area contributed by atoms with Crippen LogP contribution in [0.15, 0.2) is 237 Å². The summed E-state index contributed by atoms with van der Waals surface area (Å²) in [7, 11) is 0. The molecule has 0 atom stereocenters. The summed E-state index contributed by atoms with van der Waals surface area (Å²) in [5.41, 5.74) is 13.0. The lowest BCUT2D eigenvalue weighted by atomic mass is 9.92. The molecule has 0 saturated heterocycles. The number of anilines is 3. The Labute approximate surface area is 344 Å². The molecule has 0 aliphatic carbocycles. The van der Waals surface area contributed by atoms with Crippen molar-refractivity contribution in [2.75, 3.05) is 4.90 Å². The molecule has 59 heavy (non-hydrogen) atoms. The van der Waals surface area contributed by atoms with Crippen molar-refractivity contribution >= 4 is 60.2 Å². The molecule has 11 aromatic rings. The molecular weight excluding hydrogens is 711 g/mol. The largest absolute Gasteiger partial charge is 0.310 e. The van der Waals surface area contributed by atoms with E-state index < -0.39 is 0 Å². The van der Waals surface area contributed by atoms with Crippen LogP contribution in [0, 0.1) is 0 Å². The van der Waals surface area contributed by atoms with Gasteiger partial charge in [-0.2, -0.15) is 0 Å². The summed E-state index contributed by atoms with van der Waals surface area (Å²) in [4.78, 5) is 2.39. The molecule has 1 nitrogen and oxygen atoms in total. The van der Waals surface area contributed by atoms with E-state index in [1.165, 1.54) is 87.6 Å². The number of rotatable bonds is 7. The molecule has 0 aromatic heterocycles. The first-order valence-corrected chi connectivity index (χ1v) is 20.3. The monoisotopic (exact) mass is 749 g/mol. The van der Waals surface area contributed by atoms with Crippen molar-refractivity contribution in [3.05, 3.63) is 237 Å². The molecule has 0 aliphatic heterocycles. The van der Waals surface area contributed by atoms with Gasteiger partial charge in [0, 0.05) is 17.1 Å². The van der Waals surface area contributed by atoms with Gasteiger partial charge in [-0.3, -0.25) is 0 Å².